The lowest BCUT2D eigenvalue weighted by atomic mass is 10.1. The third kappa shape index (κ3) is 3.18. The summed E-state index contributed by atoms with van der Waals surface area (Å²) in [5.41, 5.74) is 0. The van der Waals surface area contributed by atoms with Gasteiger partial charge in [0.15, 0.2) is 0 Å². The van der Waals surface area contributed by atoms with Gasteiger partial charge in [-0.05, 0) is 25.9 Å². The second-order valence-corrected chi connectivity index (χ2v) is 5.04. The van der Waals surface area contributed by atoms with Crippen LogP contribution in [0.1, 0.15) is 19.8 Å². The summed E-state index contributed by atoms with van der Waals surface area (Å²) in [6.07, 6.45) is 2.57. The van der Waals surface area contributed by atoms with E-state index >= 15 is 0 Å². The molecule has 2 aliphatic heterocycles. The van der Waals surface area contributed by atoms with E-state index in [0.29, 0.717) is 19.1 Å². The van der Waals surface area contributed by atoms with E-state index in [4.69, 9.17) is 5.11 Å². The first-order chi connectivity index (χ1) is 8.20. The number of nitrogens with one attached hydrogen (secondary N) is 1. The molecule has 2 unspecified atom stereocenters. The van der Waals surface area contributed by atoms with Gasteiger partial charge < -0.3 is 10.4 Å². The average molecular weight is 241 g/mol. The Labute approximate surface area is 103 Å². The molecule has 0 aliphatic carbocycles. The molecule has 0 spiro atoms. The van der Waals surface area contributed by atoms with E-state index in [-0.39, 0.29) is 0 Å². The number of piperazine rings is 1. The number of nitrogens with zero attached hydrogens (tertiary/aromatic N) is 2. The molecule has 2 aliphatic rings. The van der Waals surface area contributed by atoms with Crippen molar-refractivity contribution in [1.82, 2.24) is 15.1 Å². The number of rotatable bonds is 5. The van der Waals surface area contributed by atoms with E-state index in [1.165, 1.54) is 19.4 Å². The molecular weight excluding hydrogens is 218 g/mol. The summed E-state index contributed by atoms with van der Waals surface area (Å²) in [5.74, 6) is -0.735. The molecule has 2 fully saturated rings. The lowest BCUT2D eigenvalue weighted by molar-refractivity contribution is -0.140. The van der Waals surface area contributed by atoms with Crippen molar-refractivity contribution in [3.05, 3.63) is 0 Å². The number of likely N-dealkylation sites (N-methyl/N-ethyl adjacent to an activating group) is 1. The predicted octanol–water partition coefficient (Wildman–Crippen LogP) is -0.171. The van der Waals surface area contributed by atoms with Crippen molar-refractivity contribution >= 4 is 5.97 Å². The minimum atomic E-state index is -0.735. The zero-order valence-corrected chi connectivity index (χ0v) is 10.6. The van der Waals surface area contributed by atoms with Crippen molar-refractivity contribution in [2.75, 3.05) is 39.3 Å². The van der Waals surface area contributed by atoms with Gasteiger partial charge in [0, 0.05) is 32.2 Å². The van der Waals surface area contributed by atoms with Gasteiger partial charge in [0.2, 0.25) is 0 Å². The van der Waals surface area contributed by atoms with Crippen molar-refractivity contribution in [1.29, 1.82) is 0 Å². The van der Waals surface area contributed by atoms with Crippen LogP contribution in [0.2, 0.25) is 0 Å². The van der Waals surface area contributed by atoms with Gasteiger partial charge in [0.1, 0.15) is 6.04 Å². The Bertz CT molecular complexity index is 272. The Balaban J connectivity index is 1.83. The Morgan fingerprint density at radius 1 is 1.47 bits per heavy atom. The highest BCUT2D eigenvalue weighted by atomic mass is 16.4. The average Bonchev–Trinajstić information content (AvgIpc) is 2.75. The minimum absolute atomic E-state index is 0.423. The van der Waals surface area contributed by atoms with Crippen LogP contribution >= 0.6 is 0 Å². The molecule has 5 nitrogen and oxygen atoms in total. The zero-order valence-electron chi connectivity index (χ0n) is 10.6. The predicted molar refractivity (Wildman–Crippen MR) is 66.1 cm³/mol. The molecule has 0 radical (unpaired) electrons. The van der Waals surface area contributed by atoms with Gasteiger partial charge >= 0.3 is 5.97 Å². The molecule has 2 rings (SSSR count). The lowest BCUT2D eigenvalue weighted by Gasteiger charge is -2.38. The molecule has 2 saturated heterocycles. The molecule has 0 amide bonds. The number of carbonyl (C=O) groups is 1. The third-order valence-electron chi connectivity index (χ3n) is 3.86. The fraction of sp³-hybridized carbons (Fsp3) is 0.917. The summed E-state index contributed by atoms with van der Waals surface area (Å²) in [7, 11) is 0. The number of carboxylic acid groups (broad SMARTS) is 1. The summed E-state index contributed by atoms with van der Waals surface area (Å²) in [4.78, 5) is 15.9. The largest absolute Gasteiger partial charge is 0.480 e. The maximum atomic E-state index is 11.1. The second kappa shape index (κ2) is 5.80. The van der Waals surface area contributed by atoms with Gasteiger partial charge in [0.05, 0.1) is 0 Å². The van der Waals surface area contributed by atoms with Gasteiger partial charge in [-0.3, -0.25) is 14.6 Å². The van der Waals surface area contributed by atoms with Gasteiger partial charge in [0.25, 0.3) is 0 Å². The molecule has 0 aromatic carbocycles. The summed E-state index contributed by atoms with van der Waals surface area (Å²) < 4.78 is 0. The van der Waals surface area contributed by atoms with Crippen LogP contribution in [0.5, 0.6) is 0 Å². The van der Waals surface area contributed by atoms with E-state index in [1.807, 2.05) is 6.92 Å². The number of fused-ring (bicyclic) bond motifs is 1. The smallest absolute Gasteiger partial charge is 0.322 e. The first-order valence-electron chi connectivity index (χ1n) is 6.63. The Morgan fingerprint density at radius 3 is 3.00 bits per heavy atom. The first kappa shape index (κ1) is 12.8. The van der Waals surface area contributed by atoms with E-state index < -0.39 is 12.0 Å². The summed E-state index contributed by atoms with van der Waals surface area (Å²) in [6.45, 7) is 7.66. The monoisotopic (exact) mass is 241 g/mol. The quantitative estimate of drug-likeness (QED) is 0.700. The third-order valence-corrected chi connectivity index (χ3v) is 3.86. The SMILES string of the molecule is CCNC(CN1CCN2CCCC2C1)C(=O)O. The first-order valence-corrected chi connectivity index (χ1v) is 6.63. The van der Waals surface area contributed by atoms with Crippen molar-refractivity contribution in [2.24, 2.45) is 0 Å². The van der Waals surface area contributed by atoms with E-state index in [2.05, 4.69) is 15.1 Å². The Kier molecular flexibility index (Phi) is 4.36. The van der Waals surface area contributed by atoms with Crippen LogP contribution < -0.4 is 5.32 Å². The van der Waals surface area contributed by atoms with Crippen LogP contribution in [0, 0.1) is 0 Å². The second-order valence-electron chi connectivity index (χ2n) is 5.04. The normalized spacial score (nSPS) is 27.9. The van der Waals surface area contributed by atoms with Gasteiger partial charge in [-0.1, -0.05) is 6.92 Å². The van der Waals surface area contributed by atoms with Crippen LogP contribution in [0.4, 0.5) is 0 Å². The Hall–Kier alpha value is -0.650. The number of hydrogen-bond acceptors (Lipinski definition) is 4. The topological polar surface area (TPSA) is 55.8 Å². The molecular formula is C12H23N3O2. The maximum Gasteiger partial charge on any atom is 0.322 e. The molecule has 0 saturated carbocycles. The van der Waals surface area contributed by atoms with Crippen molar-refractivity contribution in [3.8, 4) is 0 Å². The highest BCUT2D eigenvalue weighted by molar-refractivity contribution is 5.73. The van der Waals surface area contributed by atoms with Gasteiger partial charge in [-0.2, -0.15) is 0 Å². The van der Waals surface area contributed by atoms with Crippen LogP contribution in [0.25, 0.3) is 0 Å². The van der Waals surface area contributed by atoms with Crippen molar-refractivity contribution < 1.29 is 9.90 Å². The van der Waals surface area contributed by atoms with Gasteiger partial charge in [-0.15, -0.1) is 0 Å². The maximum absolute atomic E-state index is 11.1. The summed E-state index contributed by atoms with van der Waals surface area (Å²) >= 11 is 0. The molecule has 5 heteroatoms. The molecule has 2 heterocycles. The fourth-order valence-corrected chi connectivity index (χ4v) is 2.96. The van der Waals surface area contributed by atoms with Crippen molar-refractivity contribution in [2.45, 2.75) is 31.8 Å². The molecule has 0 aromatic heterocycles. The molecule has 2 atom stereocenters. The number of hydrogen-bond donors (Lipinski definition) is 2. The highest BCUT2D eigenvalue weighted by Gasteiger charge is 2.32. The molecule has 0 aromatic rings. The minimum Gasteiger partial charge on any atom is -0.480 e. The molecule has 0 bridgehead atoms. The Morgan fingerprint density at radius 2 is 2.29 bits per heavy atom. The standard InChI is InChI=1S/C12H23N3O2/c1-2-13-11(12(16)17)9-14-6-7-15-5-3-4-10(15)8-14/h10-11,13H,2-9H2,1H3,(H,16,17). The molecule has 17 heavy (non-hydrogen) atoms. The van der Waals surface area contributed by atoms with Crippen LogP contribution in [0.3, 0.4) is 0 Å². The summed E-state index contributed by atoms with van der Waals surface area (Å²) in [5, 5.41) is 12.2. The van der Waals surface area contributed by atoms with E-state index in [9.17, 15) is 4.79 Å². The van der Waals surface area contributed by atoms with Gasteiger partial charge in [-0.25, -0.2) is 0 Å². The van der Waals surface area contributed by atoms with Crippen LogP contribution in [0.15, 0.2) is 0 Å². The fourth-order valence-electron chi connectivity index (χ4n) is 2.96. The van der Waals surface area contributed by atoms with Crippen molar-refractivity contribution in [3.63, 3.8) is 0 Å². The van der Waals surface area contributed by atoms with E-state index in [1.54, 1.807) is 0 Å². The van der Waals surface area contributed by atoms with Crippen LogP contribution in [-0.2, 0) is 4.79 Å². The molecule has 98 valence electrons. The number of aliphatic carboxylic acids is 1. The zero-order chi connectivity index (χ0) is 12.3. The molecule has 2 N–H and O–H groups in total. The lowest BCUT2D eigenvalue weighted by Crippen LogP contribution is -2.54. The highest BCUT2D eigenvalue weighted by Crippen LogP contribution is 2.21. The van der Waals surface area contributed by atoms with E-state index in [0.717, 1.165) is 19.6 Å². The van der Waals surface area contributed by atoms with Crippen LogP contribution in [-0.4, -0.2) is 72.2 Å². The summed E-state index contributed by atoms with van der Waals surface area (Å²) in [6, 6.07) is 0.243. The number of carboxylic acids is 1.